The summed E-state index contributed by atoms with van der Waals surface area (Å²) in [6, 6.07) is 126. The third-order valence-corrected chi connectivity index (χ3v) is 19.4. The van der Waals surface area contributed by atoms with Crippen molar-refractivity contribution in [1.82, 2.24) is 4.57 Å². The van der Waals surface area contributed by atoms with E-state index in [-0.39, 0.29) is 0 Å². The molecule has 0 saturated heterocycles. The number of anilines is 3. The van der Waals surface area contributed by atoms with Crippen LogP contribution in [0.2, 0.25) is 0 Å². The van der Waals surface area contributed by atoms with Crippen molar-refractivity contribution in [2.24, 2.45) is 0 Å². The van der Waals surface area contributed by atoms with Crippen molar-refractivity contribution in [3.05, 3.63) is 384 Å². The minimum atomic E-state index is -0.598. The molecule has 0 radical (unpaired) electrons. The molecule has 0 spiro atoms. The minimum Gasteiger partial charge on any atom is -0.456 e. The first-order valence-corrected chi connectivity index (χ1v) is 30.8. The SMILES string of the molecule is c1ccc(-n2c3ccccc3c3cc(-c4ccc5oc6cccc(N(c7ccc(-c8ccc9c(c8)C(c8ccccc8)(c8ccccc8)c8ccccc8-9)cc7)c7ccc8c(c7)C(c7ccccc7)(c7ccccc7)c7ccccc7-8)c6c5c4)ccc32)cc1. The molecule has 0 bridgehead atoms. The lowest BCUT2D eigenvalue weighted by atomic mass is 9.67. The fourth-order valence-corrected chi connectivity index (χ4v) is 15.6. The van der Waals surface area contributed by atoms with Crippen molar-refractivity contribution >= 4 is 60.8 Å². The first kappa shape index (κ1) is 50.8. The molecule has 0 unspecified atom stereocenters. The van der Waals surface area contributed by atoms with Crippen LogP contribution < -0.4 is 4.90 Å². The van der Waals surface area contributed by atoms with Gasteiger partial charge in [0, 0.05) is 33.2 Å². The van der Waals surface area contributed by atoms with Crippen LogP contribution in [0.5, 0.6) is 0 Å². The molecule has 0 N–H and O–H groups in total. The maximum Gasteiger partial charge on any atom is 0.137 e. The Morgan fingerprint density at radius 2 is 0.719 bits per heavy atom. The smallest absolute Gasteiger partial charge is 0.137 e. The summed E-state index contributed by atoms with van der Waals surface area (Å²) in [6.07, 6.45) is 0. The van der Waals surface area contributed by atoms with Gasteiger partial charge < -0.3 is 13.9 Å². The molecule has 0 fully saturated rings. The van der Waals surface area contributed by atoms with Crippen molar-refractivity contribution in [2.45, 2.75) is 10.8 Å². The summed E-state index contributed by atoms with van der Waals surface area (Å²) >= 11 is 0. The van der Waals surface area contributed by atoms with Crippen LogP contribution in [0.4, 0.5) is 17.1 Å². The molecule has 14 aromatic carbocycles. The molecule has 416 valence electrons. The van der Waals surface area contributed by atoms with Crippen LogP contribution in [0, 0.1) is 0 Å². The number of hydrogen-bond acceptors (Lipinski definition) is 2. The lowest BCUT2D eigenvalue weighted by Gasteiger charge is -2.35. The van der Waals surface area contributed by atoms with E-state index in [4.69, 9.17) is 4.42 Å². The Balaban J connectivity index is 0.835. The van der Waals surface area contributed by atoms with Gasteiger partial charge in [0.15, 0.2) is 0 Å². The van der Waals surface area contributed by atoms with Gasteiger partial charge in [-0.3, -0.25) is 0 Å². The molecule has 89 heavy (non-hydrogen) atoms. The van der Waals surface area contributed by atoms with Gasteiger partial charge in [0.25, 0.3) is 0 Å². The van der Waals surface area contributed by atoms with Crippen molar-refractivity contribution in [2.75, 3.05) is 4.90 Å². The molecule has 0 amide bonds. The highest BCUT2D eigenvalue weighted by molar-refractivity contribution is 6.15. The van der Waals surface area contributed by atoms with E-state index in [1.807, 2.05) is 0 Å². The highest BCUT2D eigenvalue weighted by atomic mass is 16.3. The molecule has 0 aliphatic heterocycles. The van der Waals surface area contributed by atoms with E-state index in [1.54, 1.807) is 0 Å². The van der Waals surface area contributed by atoms with Crippen LogP contribution in [0.25, 0.3) is 93.9 Å². The Labute approximate surface area is 516 Å². The quantitative estimate of drug-likeness (QED) is 0.136. The van der Waals surface area contributed by atoms with Crippen molar-refractivity contribution in [3.63, 3.8) is 0 Å². The zero-order valence-electron chi connectivity index (χ0n) is 48.6. The normalized spacial score (nSPS) is 13.3. The lowest BCUT2D eigenvalue weighted by Crippen LogP contribution is -2.28. The predicted molar refractivity (Wildman–Crippen MR) is 368 cm³/mol. The Hall–Kier alpha value is -11.5. The number of aromatic nitrogens is 1. The van der Waals surface area contributed by atoms with Gasteiger partial charge in [-0.1, -0.05) is 255 Å². The second-order valence-electron chi connectivity index (χ2n) is 23.8. The van der Waals surface area contributed by atoms with Crippen LogP contribution in [0.3, 0.4) is 0 Å². The third kappa shape index (κ3) is 7.52. The van der Waals surface area contributed by atoms with Gasteiger partial charge >= 0.3 is 0 Å². The highest BCUT2D eigenvalue weighted by Gasteiger charge is 2.48. The summed E-state index contributed by atoms with van der Waals surface area (Å²) in [7, 11) is 0. The Morgan fingerprint density at radius 3 is 1.34 bits per heavy atom. The predicted octanol–water partition coefficient (Wildman–Crippen LogP) is 22.2. The molecule has 16 aromatic rings. The molecule has 0 atom stereocenters. The molecular formula is C86H56N2O. The molecule has 2 aromatic heterocycles. The van der Waals surface area contributed by atoms with Crippen molar-refractivity contribution < 1.29 is 4.42 Å². The van der Waals surface area contributed by atoms with Gasteiger partial charge in [0.2, 0.25) is 0 Å². The number of nitrogens with zero attached hydrogens (tertiary/aromatic N) is 2. The van der Waals surface area contributed by atoms with Crippen LogP contribution in [0.15, 0.2) is 344 Å². The van der Waals surface area contributed by atoms with E-state index < -0.39 is 10.8 Å². The van der Waals surface area contributed by atoms with Gasteiger partial charge in [-0.2, -0.15) is 0 Å². The number of rotatable bonds is 10. The minimum absolute atomic E-state index is 0.509. The summed E-state index contributed by atoms with van der Waals surface area (Å²) in [5, 5.41) is 4.54. The second kappa shape index (κ2) is 20.0. The monoisotopic (exact) mass is 1130 g/mol. The average Bonchev–Trinajstić information content (AvgIpc) is 1.59. The fourth-order valence-electron chi connectivity index (χ4n) is 15.6. The number of hydrogen-bond donors (Lipinski definition) is 0. The maximum absolute atomic E-state index is 6.94. The van der Waals surface area contributed by atoms with Gasteiger partial charge in [-0.25, -0.2) is 0 Å². The summed E-state index contributed by atoms with van der Waals surface area (Å²) in [5.41, 5.74) is 26.8. The van der Waals surface area contributed by atoms with Crippen LogP contribution in [-0.2, 0) is 10.8 Å². The number of furan rings is 1. The summed E-state index contributed by atoms with van der Waals surface area (Å²) < 4.78 is 9.32. The molecule has 3 nitrogen and oxygen atoms in total. The maximum atomic E-state index is 6.94. The van der Waals surface area contributed by atoms with Crippen molar-refractivity contribution in [3.8, 4) is 50.2 Å². The van der Waals surface area contributed by atoms with E-state index in [0.717, 1.165) is 66.9 Å². The van der Waals surface area contributed by atoms with E-state index in [2.05, 4.69) is 349 Å². The zero-order valence-corrected chi connectivity index (χ0v) is 48.6. The first-order chi connectivity index (χ1) is 44.1. The Kier molecular flexibility index (Phi) is 11.4. The van der Waals surface area contributed by atoms with Crippen molar-refractivity contribution in [1.29, 1.82) is 0 Å². The average molecular weight is 1130 g/mol. The van der Waals surface area contributed by atoms with Gasteiger partial charge in [0.05, 0.1) is 32.9 Å². The number of para-hydroxylation sites is 2. The van der Waals surface area contributed by atoms with E-state index in [1.165, 1.54) is 88.6 Å². The van der Waals surface area contributed by atoms with Gasteiger partial charge in [-0.05, 0) is 174 Å². The zero-order chi connectivity index (χ0) is 58.6. The topological polar surface area (TPSA) is 21.3 Å². The van der Waals surface area contributed by atoms with Crippen LogP contribution in [-0.4, -0.2) is 4.57 Å². The van der Waals surface area contributed by atoms with Gasteiger partial charge in [0.1, 0.15) is 11.2 Å². The van der Waals surface area contributed by atoms with E-state index >= 15 is 0 Å². The number of fused-ring (bicyclic) bond motifs is 12. The van der Waals surface area contributed by atoms with E-state index in [0.29, 0.717) is 0 Å². The first-order valence-electron chi connectivity index (χ1n) is 30.8. The molecule has 0 saturated carbocycles. The molecule has 2 aliphatic rings. The second-order valence-corrected chi connectivity index (χ2v) is 23.8. The standard InChI is InChI=1S/C86H56N2O/c1-6-23-61(24-7-1)85(62-25-8-2-9-26-62)75-36-19-16-33-68(75)70-49-43-60(55-77(70)85)57-41-46-66(47-42-57)87(67-48-50-71-69-34-17-20-37-76(69)86(78(71)56-67,63-27-10-3-11-28-63)64-29-12-4-13-30-64)81-39-22-40-83-84(81)74-54-59(45-52-82(74)89-83)58-44-51-80-73(53-58)72-35-18-21-38-79(72)88(80)65-31-14-5-15-32-65/h1-56H. The van der Waals surface area contributed by atoms with Crippen LogP contribution >= 0.6 is 0 Å². The lowest BCUT2D eigenvalue weighted by molar-refractivity contribution is 0.669. The molecular weight excluding hydrogens is 1080 g/mol. The number of benzene rings is 14. The molecule has 3 heteroatoms. The Morgan fingerprint density at radius 1 is 0.270 bits per heavy atom. The molecule has 2 heterocycles. The molecule has 2 aliphatic carbocycles. The summed E-state index contributed by atoms with van der Waals surface area (Å²) in [5.74, 6) is 0. The summed E-state index contributed by atoms with van der Waals surface area (Å²) in [6.45, 7) is 0. The third-order valence-electron chi connectivity index (χ3n) is 19.4. The van der Waals surface area contributed by atoms with E-state index in [9.17, 15) is 0 Å². The van der Waals surface area contributed by atoms with Gasteiger partial charge in [-0.15, -0.1) is 0 Å². The van der Waals surface area contributed by atoms with Crippen LogP contribution in [0.1, 0.15) is 44.5 Å². The largest absolute Gasteiger partial charge is 0.456 e. The molecule has 18 rings (SSSR count). The Bertz CT molecular complexity index is 5340. The highest BCUT2D eigenvalue weighted by Crippen LogP contribution is 2.59. The summed E-state index contributed by atoms with van der Waals surface area (Å²) in [4.78, 5) is 2.47. The fraction of sp³-hybridized carbons (Fsp3) is 0.0233.